The van der Waals surface area contributed by atoms with E-state index < -0.39 is 0 Å². The van der Waals surface area contributed by atoms with E-state index >= 15 is 0 Å². The van der Waals surface area contributed by atoms with Crippen LogP contribution in [-0.4, -0.2) is 46.9 Å². The second-order valence-electron chi connectivity index (χ2n) is 6.65. The lowest BCUT2D eigenvalue weighted by Gasteiger charge is -2.35. The topological polar surface area (TPSA) is 56.4 Å². The normalized spacial score (nSPS) is 14.7. The summed E-state index contributed by atoms with van der Waals surface area (Å²) in [6, 6.07) is 19.2. The number of aromatic amines is 1. The van der Waals surface area contributed by atoms with Crippen LogP contribution in [0.3, 0.4) is 0 Å². The predicted molar refractivity (Wildman–Crippen MR) is 109 cm³/mol. The van der Waals surface area contributed by atoms with E-state index in [9.17, 15) is 9.59 Å². The SMILES string of the molecule is Cl.O=C(c1cccc2ccc(=O)[nH]c12)N1CCN(Cc2ccccc2)CC1. The molecule has 1 amide bonds. The number of nitrogens with one attached hydrogen (secondary N) is 1. The summed E-state index contributed by atoms with van der Waals surface area (Å²) in [6.07, 6.45) is 0. The second kappa shape index (κ2) is 8.37. The predicted octanol–water partition coefficient (Wildman–Crippen LogP) is 2.91. The summed E-state index contributed by atoms with van der Waals surface area (Å²) >= 11 is 0. The molecule has 3 aromatic rings. The van der Waals surface area contributed by atoms with Crippen molar-refractivity contribution in [3.05, 3.63) is 82.1 Å². The number of aromatic nitrogens is 1. The fraction of sp³-hybridized carbons (Fsp3) is 0.238. The van der Waals surface area contributed by atoms with Crippen molar-refractivity contribution in [2.24, 2.45) is 0 Å². The van der Waals surface area contributed by atoms with Crippen molar-refractivity contribution in [2.75, 3.05) is 26.2 Å². The van der Waals surface area contributed by atoms with E-state index in [1.54, 1.807) is 12.1 Å². The van der Waals surface area contributed by atoms with Crippen LogP contribution in [0.2, 0.25) is 0 Å². The lowest BCUT2D eigenvalue weighted by Crippen LogP contribution is -2.48. The Labute approximate surface area is 164 Å². The maximum Gasteiger partial charge on any atom is 0.256 e. The van der Waals surface area contributed by atoms with Crippen molar-refractivity contribution in [3.63, 3.8) is 0 Å². The van der Waals surface area contributed by atoms with Crippen molar-refractivity contribution < 1.29 is 4.79 Å². The summed E-state index contributed by atoms with van der Waals surface area (Å²) in [4.78, 5) is 31.7. The summed E-state index contributed by atoms with van der Waals surface area (Å²) in [6.45, 7) is 3.99. The zero-order chi connectivity index (χ0) is 17.9. The van der Waals surface area contributed by atoms with Crippen molar-refractivity contribution in [1.29, 1.82) is 0 Å². The Balaban J connectivity index is 0.00000210. The molecule has 2 aromatic carbocycles. The smallest absolute Gasteiger partial charge is 0.256 e. The number of carbonyl (C=O) groups is 1. The first-order valence-corrected chi connectivity index (χ1v) is 8.88. The molecule has 5 nitrogen and oxygen atoms in total. The molecule has 27 heavy (non-hydrogen) atoms. The molecule has 1 aromatic heterocycles. The summed E-state index contributed by atoms with van der Waals surface area (Å²) in [5, 5.41) is 0.873. The minimum absolute atomic E-state index is 0. The van der Waals surface area contributed by atoms with Gasteiger partial charge < -0.3 is 9.88 Å². The van der Waals surface area contributed by atoms with Crippen molar-refractivity contribution >= 4 is 29.2 Å². The van der Waals surface area contributed by atoms with Crippen LogP contribution in [-0.2, 0) is 6.54 Å². The van der Waals surface area contributed by atoms with Crippen molar-refractivity contribution in [3.8, 4) is 0 Å². The number of amides is 1. The molecule has 1 N–H and O–H groups in total. The number of para-hydroxylation sites is 1. The third-order valence-electron chi connectivity index (χ3n) is 4.90. The van der Waals surface area contributed by atoms with E-state index in [0.717, 1.165) is 25.0 Å². The van der Waals surface area contributed by atoms with Gasteiger partial charge in [0.25, 0.3) is 5.91 Å². The van der Waals surface area contributed by atoms with E-state index in [2.05, 4.69) is 34.1 Å². The number of rotatable bonds is 3. The quantitative estimate of drug-likeness (QED) is 0.756. The first-order chi connectivity index (χ1) is 12.7. The van der Waals surface area contributed by atoms with Gasteiger partial charge in [-0.2, -0.15) is 0 Å². The Hall–Kier alpha value is -2.63. The summed E-state index contributed by atoms with van der Waals surface area (Å²) in [5.74, 6) is -0.0168. The Morgan fingerprint density at radius 2 is 1.63 bits per heavy atom. The number of fused-ring (bicyclic) bond motifs is 1. The molecule has 1 aliphatic heterocycles. The van der Waals surface area contributed by atoms with E-state index in [0.29, 0.717) is 24.2 Å². The molecule has 0 unspecified atom stereocenters. The number of benzene rings is 2. The molecule has 1 aliphatic rings. The maximum absolute atomic E-state index is 13.0. The van der Waals surface area contributed by atoms with E-state index in [-0.39, 0.29) is 23.9 Å². The van der Waals surface area contributed by atoms with Crippen LogP contribution in [0.4, 0.5) is 0 Å². The number of carbonyl (C=O) groups excluding carboxylic acids is 1. The van der Waals surface area contributed by atoms with Gasteiger partial charge in [-0.25, -0.2) is 0 Å². The average Bonchev–Trinajstić information content (AvgIpc) is 2.68. The van der Waals surface area contributed by atoms with E-state index in [1.165, 1.54) is 11.6 Å². The fourth-order valence-electron chi connectivity index (χ4n) is 3.48. The third kappa shape index (κ3) is 4.21. The van der Waals surface area contributed by atoms with Crippen LogP contribution in [0, 0.1) is 0 Å². The van der Waals surface area contributed by atoms with Crippen molar-refractivity contribution in [2.45, 2.75) is 6.54 Å². The van der Waals surface area contributed by atoms with Gasteiger partial charge in [0.05, 0.1) is 11.1 Å². The minimum atomic E-state index is -0.189. The molecule has 2 heterocycles. The highest BCUT2D eigenvalue weighted by atomic mass is 35.5. The van der Waals surface area contributed by atoms with Gasteiger partial charge in [0.2, 0.25) is 5.56 Å². The number of halogens is 1. The van der Waals surface area contributed by atoms with E-state index in [1.807, 2.05) is 23.1 Å². The van der Waals surface area contributed by atoms with Crippen molar-refractivity contribution in [1.82, 2.24) is 14.8 Å². The van der Waals surface area contributed by atoms with Gasteiger partial charge >= 0.3 is 0 Å². The first-order valence-electron chi connectivity index (χ1n) is 8.88. The molecule has 0 radical (unpaired) electrons. The summed E-state index contributed by atoms with van der Waals surface area (Å²) in [5.41, 5.74) is 2.29. The zero-order valence-corrected chi connectivity index (χ0v) is 15.7. The van der Waals surface area contributed by atoms with Gasteiger partial charge in [0, 0.05) is 38.8 Å². The summed E-state index contributed by atoms with van der Waals surface area (Å²) in [7, 11) is 0. The van der Waals surface area contributed by atoms with Gasteiger partial charge in [-0.3, -0.25) is 14.5 Å². The molecule has 0 spiro atoms. The minimum Gasteiger partial charge on any atom is -0.336 e. The molecular formula is C21H22ClN3O2. The number of H-pyrrole nitrogens is 1. The number of hydrogen-bond acceptors (Lipinski definition) is 3. The lowest BCUT2D eigenvalue weighted by atomic mass is 10.1. The van der Waals surface area contributed by atoms with Gasteiger partial charge in [-0.1, -0.05) is 42.5 Å². The number of nitrogens with zero attached hydrogens (tertiary/aromatic N) is 2. The highest BCUT2D eigenvalue weighted by Gasteiger charge is 2.23. The van der Waals surface area contributed by atoms with Gasteiger partial charge in [0.1, 0.15) is 0 Å². The third-order valence-corrected chi connectivity index (χ3v) is 4.90. The average molecular weight is 384 g/mol. The van der Waals surface area contributed by atoms with Crippen LogP contribution in [0.25, 0.3) is 10.9 Å². The molecule has 0 bridgehead atoms. The van der Waals surface area contributed by atoms with Gasteiger partial charge in [-0.15, -0.1) is 12.4 Å². The molecule has 6 heteroatoms. The lowest BCUT2D eigenvalue weighted by molar-refractivity contribution is 0.0630. The monoisotopic (exact) mass is 383 g/mol. The number of pyridine rings is 1. The zero-order valence-electron chi connectivity index (χ0n) is 14.9. The Morgan fingerprint density at radius 3 is 2.37 bits per heavy atom. The molecule has 0 aliphatic carbocycles. The standard InChI is InChI=1S/C21H21N3O2.ClH/c25-19-10-9-17-7-4-8-18(20(17)22-19)21(26)24-13-11-23(12-14-24)15-16-5-2-1-3-6-16;/h1-10H,11-15H2,(H,22,25);1H. The first kappa shape index (κ1) is 19.1. The molecular weight excluding hydrogens is 362 g/mol. The van der Waals surface area contributed by atoms with Crippen LogP contribution < -0.4 is 5.56 Å². The van der Waals surface area contributed by atoms with Gasteiger partial charge in [-0.05, 0) is 23.1 Å². The molecule has 0 atom stereocenters. The molecule has 0 saturated carbocycles. The second-order valence-corrected chi connectivity index (χ2v) is 6.65. The Bertz CT molecular complexity index is 979. The van der Waals surface area contributed by atoms with Crippen LogP contribution in [0.1, 0.15) is 15.9 Å². The number of hydrogen-bond donors (Lipinski definition) is 1. The summed E-state index contributed by atoms with van der Waals surface area (Å²) < 4.78 is 0. The van der Waals surface area contributed by atoms with Crippen LogP contribution >= 0.6 is 12.4 Å². The van der Waals surface area contributed by atoms with Gasteiger partial charge in [0.15, 0.2) is 0 Å². The fourth-order valence-corrected chi connectivity index (χ4v) is 3.48. The molecule has 1 fully saturated rings. The van der Waals surface area contributed by atoms with E-state index in [4.69, 9.17) is 0 Å². The number of piperazine rings is 1. The molecule has 4 rings (SSSR count). The largest absolute Gasteiger partial charge is 0.336 e. The highest BCUT2D eigenvalue weighted by Crippen LogP contribution is 2.18. The Kier molecular flexibility index (Phi) is 5.94. The molecule has 140 valence electrons. The molecule has 1 saturated heterocycles. The highest BCUT2D eigenvalue weighted by molar-refractivity contribution is 6.05. The van der Waals surface area contributed by atoms with Crippen LogP contribution in [0.5, 0.6) is 0 Å². The van der Waals surface area contributed by atoms with Crippen LogP contribution in [0.15, 0.2) is 65.5 Å². The maximum atomic E-state index is 13.0. The Morgan fingerprint density at radius 1 is 0.889 bits per heavy atom.